The monoisotopic (exact) mass is 353 g/mol. The van der Waals surface area contributed by atoms with Crippen LogP contribution in [0.25, 0.3) is 0 Å². The van der Waals surface area contributed by atoms with E-state index in [0.29, 0.717) is 13.2 Å². The third-order valence-corrected chi connectivity index (χ3v) is 6.60. The van der Waals surface area contributed by atoms with Crippen molar-refractivity contribution in [1.29, 1.82) is 0 Å². The Labute approximate surface area is 147 Å². The number of fused-ring (bicyclic) bond motifs is 1. The first-order chi connectivity index (χ1) is 11.9. The van der Waals surface area contributed by atoms with Gasteiger partial charge in [0.05, 0.1) is 25.3 Å². The molecule has 4 atom stereocenters. The fourth-order valence-corrected chi connectivity index (χ4v) is 4.58. The number of carbonyl (C=O) groups is 2. The molecule has 0 radical (unpaired) electrons. The van der Waals surface area contributed by atoms with Gasteiger partial charge >= 0.3 is 6.09 Å². The van der Waals surface area contributed by atoms with E-state index in [1.54, 1.807) is 11.8 Å². The predicted molar refractivity (Wildman–Crippen MR) is 87.9 cm³/mol. The molecule has 2 amide bonds. The third kappa shape index (κ3) is 2.90. The molecule has 4 rings (SSSR count). The number of ether oxygens (including phenoxy) is 1. The number of amides is 2. The van der Waals surface area contributed by atoms with Crippen LogP contribution < -0.4 is 0 Å². The van der Waals surface area contributed by atoms with E-state index in [0.717, 1.165) is 43.7 Å². The van der Waals surface area contributed by atoms with Crippen LogP contribution >= 0.6 is 0 Å². The van der Waals surface area contributed by atoms with Gasteiger partial charge in [0.15, 0.2) is 6.23 Å². The van der Waals surface area contributed by atoms with Gasteiger partial charge in [0.25, 0.3) is 0 Å². The maximum absolute atomic E-state index is 12.6. The summed E-state index contributed by atoms with van der Waals surface area (Å²) in [4.78, 5) is 29.1. The quantitative estimate of drug-likeness (QED) is 0.751. The molecule has 3 saturated heterocycles. The summed E-state index contributed by atoms with van der Waals surface area (Å²) >= 11 is 0. The lowest BCUT2D eigenvalue weighted by atomic mass is 9.90. The Morgan fingerprint density at radius 1 is 1.32 bits per heavy atom. The van der Waals surface area contributed by atoms with Crippen molar-refractivity contribution in [2.45, 2.75) is 57.0 Å². The van der Waals surface area contributed by atoms with Crippen molar-refractivity contribution in [3.63, 3.8) is 0 Å². The summed E-state index contributed by atoms with van der Waals surface area (Å²) < 4.78 is 5.70. The first-order valence-electron chi connectivity index (χ1n) is 9.25. The molecule has 4 fully saturated rings. The fourth-order valence-electron chi connectivity index (χ4n) is 4.58. The van der Waals surface area contributed by atoms with Crippen LogP contribution in [0.5, 0.6) is 0 Å². The number of aliphatic hydroxyl groups is 1. The highest BCUT2D eigenvalue weighted by Gasteiger charge is 2.51. The van der Waals surface area contributed by atoms with Crippen LogP contribution in [0.1, 0.15) is 32.6 Å². The van der Waals surface area contributed by atoms with E-state index >= 15 is 0 Å². The summed E-state index contributed by atoms with van der Waals surface area (Å²) in [7, 11) is 0. The molecule has 0 aromatic heterocycles. The van der Waals surface area contributed by atoms with Crippen molar-refractivity contribution in [1.82, 2.24) is 14.7 Å². The highest BCUT2D eigenvalue weighted by Crippen LogP contribution is 2.53. The van der Waals surface area contributed by atoms with E-state index in [-0.39, 0.29) is 30.0 Å². The number of β-amino-alcohol motifs (C(OH)–C–C–N with tert-alkyl or cyclic N) is 1. The van der Waals surface area contributed by atoms with Crippen LogP contribution in [0.3, 0.4) is 0 Å². The molecule has 0 aromatic carbocycles. The Morgan fingerprint density at radius 2 is 2.08 bits per heavy atom. The minimum atomic E-state index is -1.08. The van der Waals surface area contributed by atoms with Gasteiger partial charge in [-0.3, -0.25) is 9.69 Å². The zero-order chi connectivity index (χ0) is 17.8. The Morgan fingerprint density at radius 3 is 2.72 bits per heavy atom. The first kappa shape index (κ1) is 17.1. The predicted octanol–water partition coefficient (Wildman–Crippen LogP) is 0.159. The number of likely N-dealkylation sites (tertiary alicyclic amines) is 1. The van der Waals surface area contributed by atoms with Crippen molar-refractivity contribution in [2.24, 2.45) is 5.41 Å². The molecule has 1 spiro atoms. The summed E-state index contributed by atoms with van der Waals surface area (Å²) in [5, 5.41) is 19.5. The lowest BCUT2D eigenvalue weighted by molar-refractivity contribution is -0.151. The summed E-state index contributed by atoms with van der Waals surface area (Å²) in [6, 6.07) is -0.672. The number of piperidine rings is 1. The van der Waals surface area contributed by atoms with Gasteiger partial charge in [-0.2, -0.15) is 0 Å². The second-order valence-corrected chi connectivity index (χ2v) is 8.02. The van der Waals surface area contributed by atoms with Gasteiger partial charge in [0.1, 0.15) is 6.04 Å². The second-order valence-electron chi connectivity index (χ2n) is 8.02. The molecule has 1 aliphatic carbocycles. The topological polar surface area (TPSA) is 93.6 Å². The molecule has 25 heavy (non-hydrogen) atoms. The van der Waals surface area contributed by atoms with Crippen molar-refractivity contribution < 1.29 is 24.5 Å². The number of aliphatic hydroxyl groups excluding tert-OH is 1. The summed E-state index contributed by atoms with van der Waals surface area (Å²) in [5.41, 5.74) is 0.205. The van der Waals surface area contributed by atoms with E-state index in [2.05, 4.69) is 4.90 Å². The zero-order valence-corrected chi connectivity index (χ0v) is 14.6. The summed E-state index contributed by atoms with van der Waals surface area (Å²) in [5.74, 6) is -0.170. The highest BCUT2D eigenvalue weighted by atomic mass is 16.5. The molecule has 1 saturated carbocycles. The molecule has 3 heterocycles. The Bertz CT molecular complexity index is 566. The van der Waals surface area contributed by atoms with E-state index in [4.69, 9.17) is 4.74 Å². The van der Waals surface area contributed by atoms with Gasteiger partial charge < -0.3 is 24.7 Å². The molecule has 2 N–H and O–H groups in total. The van der Waals surface area contributed by atoms with Crippen LogP contribution in [0.2, 0.25) is 0 Å². The van der Waals surface area contributed by atoms with Crippen molar-refractivity contribution in [2.75, 3.05) is 32.8 Å². The highest BCUT2D eigenvalue weighted by molar-refractivity contribution is 5.86. The molecule has 3 aliphatic heterocycles. The van der Waals surface area contributed by atoms with Crippen LogP contribution in [0, 0.1) is 5.41 Å². The molecule has 0 unspecified atom stereocenters. The molecule has 4 aliphatic rings. The van der Waals surface area contributed by atoms with Gasteiger partial charge in [0, 0.05) is 13.1 Å². The molecular formula is C17H27N3O5. The average molecular weight is 353 g/mol. The Kier molecular flexibility index (Phi) is 4.16. The molecule has 8 nitrogen and oxygen atoms in total. The number of piperazine rings is 1. The molecular weight excluding hydrogens is 326 g/mol. The van der Waals surface area contributed by atoms with Gasteiger partial charge in [-0.25, -0.2) is 4.79 Å². The van der Waals surface area contributed by atoms with Crippen LogP contribution in [-0.2, 0) is 9.53 Å². The zero-order valence-electron chi connectivity index (χ0n) is 14.6. The van der Waals surface area contributed by atoms with Crippen LogP contribution in [0.15, 0.2) is 0 Å². The van der Waals surface area contributed by atoms with E-state index in [9.17, 15) is 19.8 Å². The van der Waals surface area contributed by atoms with Gasteiger partial charge in [-0.05, 0) is 44.6 Å². The largest absolute Gasteiger partial charge is 0.465 e. The maximum atomic E-state index is 12.6. The van der Waals surface area contributed by atoms with Crippen molar-refractivity contribution >= 4 is 12.0 Å². The minimum absolute atomic E-state index is 0.00940. The molecule has 0 bridgehead atoms. The smallest absolute Gasteiger partial charge is 0.408 e. The number of carbonyl (C=O) groups excluding carboxylic acids is 1. The van der Waals surface area contributed by atoms with Gasteiger partial charge in [0.2, 0.25) is 5.91 Å². The maximum Gasteiger partial charge on any atom is 0.408 e. The molecule has 0 aromatic rings. The summed E-state index contributed by atoms with van der Waals surface area (Å²) in [6.45, 7) is 4.85. The lowest BCUT2D eigenvalue weighted by Crippen LogP contribution is -2.62. The van der Waals surface area contributed by atoms with Gasteiger partial charge in [-0.15, -0.1) is 0 Å². The number of hydrogen-bond acceptors (Lipinski definition) is 5. The normalized spacial score (nSPS) is 37.4. The Hall–Kier alpha value is -1.38. The minimum Gasteiger partial charge on any atom is -0.465 e. The number of rotatable bonds is 3. The van der Waals surface area contributed by atoms with Crippen molar-refractivity contribution in [3.8, 4) is 0 Å². The third-order valence-electron chi connectivity index (χ3n) is 6.60. The van der Waals surface area contributed by atoms with Gasteiger partial charge in [-0.1, -0.05) is 0 Å². The number of nitrogens with zero attached hydrogens (tertiary/aromatic N) is 3. The number of carboxylic acid groups (broad SMARTS) is 1. The van der Waals surface area contributed by atoms with E-state index < -0.39 is 18.4 Å². The van der Waals surface area contributed by atoms with E-state index in [1.807, 2.05) is 0 Å². The lowest BCUT2D eigenvalue weighted by Gasteiger charge is -2.41. The molecule has 8 heteroatoms. The Balaban J connectivity index is 1.33. The SMILES string of the molecule is C[C@H]1C(=O)N2[C@@H](CCN3CCC4(CC4)[C@H](O)C3)CO[C@H]2CN1C(=O)O. The van der Waals surface area contributed by atoms with Crippen LogP contribution in [0.4, 0.5) is 4.79 Å². The second kappa shape index (κ2) is 6.10. The van der Waals surface area contributed by atoms with Crippen LogP contribution in [-0.4, -0.2) is 94.1 Å². The first-order valence-corrected chi connectivity index (χ1v) is 9.25. The standard InChI is InChI=1S/C17H27N3O5/c1-11-15(22)20-12(10-25-14(20)9-19(11)16(23)24)2-6-18-7-5-17(3-4-17)13(21)8-18/h11-14,21H,2-10H2,1H3,(H,23,24)/t11-,12-,13+,14-/m0/s1. The fraction of sp³-hybridized carbons (Fsp3) is 0.882. The average Bonchev–Trinajstić information content (AvgIpc) is 3.24. The number of hydrogen-bond donors (Lipinski definition) is 2. The van der Waals surface area contributed by atoms with E-state index in [1.165, 1.54) is 0 Å². The summed E-state index contributed by atoms with van der Waals surface area (Å²) in [6.07, 6.45) is 2.39. The molecule has 140 valence electrons. The van der Waals surface area contributed by atoms with Crippen molar-refractivity contribution in [3.05, 3.63) is 0 Å².